The number of nitrogens with one attached hydrogen (secondary N) is 1. The minimum atomic E-state index is -5.08. The number of rotatable bonds is 3. The van der Waals surface area contributed by atoms with E-state index in [1.54, 1.807) is 6.92 Å². The number of benzene rings is 1. The SMILES string of the molecule is CC#CC#CC#CSOOO.CNc1ccc(C)cc1.O=C(O)C(F)(F)F. The Morgan fingerprint density at radius 3 is 2.07 bits per heavy atom. The Morgan fingerprint density at radius 1 is 1.15 bits per heavy atom. The number of alkyl halides is 3. The topological polar surface area (TPSA) is 88.0 Å². The maximum Gasteiger partial charge on any atom is 0.490 e. The van der Waals surface area contributed by atoms with Gasteiger partial charge < -0.3 is 10.4 Å². The van der Waals surface area contributed by atoms with Crippen LogP contribution in [0.3, 0.4) is 0 Å². The molecule has 1 aromatic rings. The summed E-state index contributed by atoms with van der Waals surface area (Å²) in [5.41, 5.74) is 2.47. The van der Waals surface area contributed by atoms with E-state index in [0.29, 0.717) is 12.0 Å². The fourth-order valence-electron chi connectivity index (χ4n) is 0.924. The Morgan fingerprint density at radius 2 is 1.67 bits per heavy atom. The summed E-state index contributed by atoms with van der Waals surface area (Å²) >= 11 is 0.627. The van der Waals surface area contributed by atoms with Crippen molar-refractivity contribution in [2.45, 2.75) is 20.0 Å². The van der Waals surface area contributed by atoms with Gasteiger partial charge in [0.05, 0.1) is 0 Å². The van der Waals surface area contributed by atoms with Crippen LogP contribution in [0.4, 0.5) is 18.9 Å². The third-order valence-corrected chi connectivity index (χ3v) is 2.37. The lowest BCUT2D eigenvalue weighted by Gasteiger charge is -1.97. The molecule has 0 bridgehead atoms. The minimum Gasteiger partial charge on any atom is -0.475 e. The highest BCUT2D eigenvalue weighted by molar-refractivity contribution is 7.99. The lowest BCUT2D eigenvalue weighted by molar-refractivity contribution is -0.431. The molecule has 0 aliphatic carbocycles. The molecular weight excluding hydrogens is 387 g/mol. The fourth-order valence-corrected chi connectivity index (χ4v) is 1.08. The van der Waals surface area contributed by atoms with Crippen LogP contribution in [0.5, 0.6) is 0 Å². The van der Waals surface area contributed by atoms with Gasteiger partial charge in [-0.15, -0.1) is 4.33 Å². The van der Waals surface area contributed by atoms with Crippen LogP contribution in [-0.2, 0) is 14.2 Å². The standard InChI is InChI=1S/C8H11N.C7H4O3S.C2HF3O2/c1-7-3-5-8(9-2)6-4-7;1-2-3-4-5-6-7-11-10-9-8;3-2(4,5)1(6)7/h3-6,9H,1-2H3;8H,1H3;(H,6,7). The maximum atomic E-state index is 10.6. The largest absolute Gasteiger partial charge is 0.490 e. The number of hydrogen-bond acceptors (Lipinski definition) is 6. The van der Waals surface area contributed by atoms with E-state index >= 15 is 0 Å². The zero-order chi connectivity index (χ0) is 21.1. The van der Waals surface area contributed by atoms with Gasteiger partial charge in [-0.2, -0.15) is 13.2 Å². The summed E-state index contributed by atoms with van der Waals surface area (Å²) in [5, 5.41) is 23.4. The second-order valence-electron chi connectivity index (χ2n) is 4.00. The summed E-state index contributed by atoms with van der Waals surface area (Å²) in [4.78, 5) is 8.90. The molecule has 6 nitrogen and oxygen atoms in total. The van der Waals surface area contributed by atoms with Crippen LogP contribution in [0.1, 0.15) is 12.5 Å². The molecule has 0 spiro atoms. The first kappa shape index (κ1) is 26.4. The summed E-state index contributed by atoms with van der Waals surface area (Å²) < 4.78 is 35.7. The van der Waals surface area contributed by atoms with Crippen molar-refractivity contribution in [1.29, 1.82) is 0 Å². The smallest absolute Gasteiger partial charge is 0.475 e. The molecule has 10 heteroatoms. The van der Waals surface area contributed by atoms with Gasteiger partial charge in [-0.1, -0.05) is 28.7 Å². The molecule has 0 amide bonds. The van der Waals surface area contributed by atoms with E-state index in [1.807, 2.05) is 7.05 Å². The van der Waals surface area contributed by atoms with Crippen molar-refractivity contribution in [3.8, 4) is 34.9 Å². The number of carboxylic acid groups (broad SMARTS) is 1. The van der Waals surface area contributed by atoms with E-state index in [4.69, 9.17) is 15.2 Å². The molecule has 3 N–H and O–H groups in total. The number of aliphatic carboxylic acids is 1. The Kier molecular flexibility index (Phi) is 16.3. The number of aryl methyl sites for hydroxylation is 1. The van der Waals surface area contributed by atoms with E-state index in [2.05, 4.69) is 80.7 Å². The number of anilines is 1. The molecule has 0 aliphatic rings. The van der Waals surface area contributed by atoms with E-state index in [-0.39, 0.29) is 0 Å². The zero-order valence-electron chi connectivity index (χ0n) is 14.5. The number of carbonyl (C=O) groups is 1. The predicted octanol–water partition coefficient (Wildman–Crippen LogP) is 3.71. The first-order valence-corrected chi connectivity index (χ1v) is 7.53. The van der Waals surface area contributed by atoms with Gasteiger partial charge in [-0.05, 0) is 43.7 Å². The van der Waals surface area contributed by atoms with Gasteiger partial charge in [-0.25, -0.2) is 10.1 Å². The molecule has 1 aromatic carbocycles. The molecule has 27 heavy (non-hydrogen) atoms. The first-order chi connectivity index (χ1) is 12.7. The maximum absolute atomic E-state index is 10.6. The van der Waals surface area contributed by atoms with Crippen LogP contribution in [0.2, 0.25) is 0 Å². The summed E-state index contributed by atoms with van der Waals surface area (Å²) in [6.45, 7) is 3.76. The third-order valence-electron chi connectivity index (χ3n) is 2.05. The molecule has 146 valence electrons. The minimum absolute atomic E-state index is 0.627. The quantitative estimate of drug-likeness (QED) is 0.233. The van der Waals surface area contributed by atoms with Gasteiger partial charge >= 0.3 is 12.1 Å². The van der Waals surface area contributed by atoms with Gasteiger partial charge in [-0.3, -0.25) is 0 Å². The second kappa shape index (κ2) is 16.6. The van der Waals surface area contributed by atoms with Crippen LogP contribution in [0.15, 0.2) is 24.3 Å². The highest BCUT2D eigenvalue weighted by atomic mass is 32.2. The van der Waals surface area contributed by atoms with Crippen molar-refractivity contribution in [3.05, 3.63) is 29.8 Å². The lowest BCUT2D eigenvalue weighted by Crippen LogP contribution is -2.21. The highest BCUT2D eigenvalue weighted by Crippen LogP contribution is 2.13. The molecule has 0 atom stereocenters. The van der Waals surface area contributed by atoms with Crippen molar-refractivity contribution in [3.63, 3.8) is 0 Å². The van der Waals surface area contributed by atoms with E-state index in [1.165, 1.54) is 11.3 Å². The van der Waals surface area contributed by atoms with Gasteiger partial charge in [0.15, 0.2) is 0 Å². The van der Waals surface area contributed by atoms with Crippen molar-refractivity contribution < 1.29 is 37.7 Å². The molecule has 0 aromatic heterocycles. The molecule has 0 aliphatic heterocycles. The average Bonchev–Trinajstić information content (AvgIpc) is 2.62. The number of halogens is 3. The summed E-state index contributed by atoms with van der Waals surface area (Å²) in [6.07, 6.45) is -5.08. The normalized spacial score (nSPS) is 8.41. The average molecular weight is 403 g/mol. The van der Waals surface area contributed by atoms with Gasteiger partial charge in [0.25, 0.3) is 0 Å². The van der Waals surface area contributed by atoms with E-state index < -0.39 is 12.1 Å². The van der Waals surface area contributed by atoms with Gasteiger partial charge in [0, 0.05) is 23.9 Å². The van der Waals surface area contributed by atoms with Crippen LogP contribution in [-0.4, -0.2) is 29.6 Å². The predicted molar refractivity (Wildman–Crippen MR) is 95.8 cm³/mol. The van der Waals surface area contributed by atoms with Crippen molar-refractivity contribution >= 4 is 23.7 Å². The number of hydrogen-bond donors (Lipinski definition) is 3. The lowest BCUT2D eigenvalue weighted by atomic mass is 10.2. The number of carboxylic acids is 1. The van der Waals surface area contributed by atoms with Crippen molar-refractivity contribution in [2.75, 3.05) is 12.4 Å². The third kappa shape index (κ3) is 19.4. The van der Waals surface area contributed by atoms with E-state index in [9.17, 15) is 13.2 Å². The zero-order valence-corrected chi connectivity index (χ0v) is 15.3. The van der Waals surface area contributed by atoms with Crippen LogP contribution < -0.4 is 5.32 Å². The molecule has 0 heterocycles. The van der Waals surface area contributed by atoms with Crippen LogP contribution >= 0.6 is 12.0 Å². The Labute approximate surface area is 159 Å². The molecule has 0 unspecified atom stereocenters. The van der Waals surface area contributed by atoms with Crippen molar-refractivity contribution in [2.24, 2.45) is 0 Å². The van der Waals surface area contributed by atoms with Gasteiger partial charge in [0.2, 0.25) is 0 Å². The monoisotopic (exact) mass is 403 g/mol. The molecule has 1 rings (SSSR count). The van der Waals surface area contributed by atoms with Crippen LogP contribution in [0, 0.1) is 41.8 Å². The van der Waals surface area contributed by atoms with E-state index in [0.717, 1.165) is 0 Å². The fraction of sp³-hybridized carbons (Fsp3) is 0.235. The molecule has 0 saturated heterocycles. The Balaban J connectivity index is 0. The highest BCUT2D eigenvalue weighted by Gasteiger charge is 2.38. The van der Waals surface area contributed by atoms with Crippen molar-refractivity contribution in [1.82, 2.24) is 0 Å². The second-order valence-corrected chi connectivity index (χ2v) is 4.50. The summed E-state index contributed by atoms with van der Waals surface area (Å²) in [7, 11) is 1.92. The Hall–Kier alpha value is -2.81. The summed E-state index contributed by atoms with van der Waals surface area (Å²) in [5.74, 6) is 9.58. The molecular formula is C17H16F3NO5S. The van der Waals surface area contributed by atoms with Crippen LogP contribution in [0.25, 0.3) is 0 Å². The Bertz CT molecular complexity index is 732. The molecule has 0 saturated carbocycles. The summed E-state index contributed by atoms with van der Waals surface area (Å²) in [6, 6.07) is 8.31. The first-order valence-electron chi connectivity index (χ1n) is 6.79. The molecule has 0 fully saturated rings. The van der Waals surface area contributed by atoms with Gasteiger partial charge in [0.1, 0.15) is 12.0 Å². The molecule has 0 radical (unpaired) electrons.